The summed E-state index contributed by atoms with van der Waals surface area (Å²) in [6.45, 7) is 5.47. The van der Waals surface area contributed by atoms with Crippen molar-refractivity contribution < 1.29 is 9.59 Å². The first-order valence-corrected chi connectivity index (χ1v) is 11.0. The number of benzene rings is 1. The minimum Gasteiger partial charge on any atom is -0.369 e. The number of hydrogen-bond donors (Lipinski definition) is 0. The Kier molecular flexibility index (Phi) is 5.93. The van der Waals surface area contributed by atoms with E-state index in [9.17, 15) is 9.59 Å². The molecule has 1 aromatic carbocycles. The molecule has 3 aliphatic rings. The van der Waals surface area contributed by atoms with Crippen LogP contribution in [0.2, 0.25) is 5.02 Å². The van der Waals surface area contributed by atoms with Gasteiger partial charge in [-0.15, -0.1) is 0 Å². The third-order valence-corrected chi connectivity index (χ3v) is 6.94. The summed E-state index contributed by atoms with van der Waals surface area (Å²) >= 11 is 6.10. The van der Waals surface area contributed by atoms with Crippen LogP contribution in [-0.2, 0) is 9.59 Å². The monoisotopic (exact) mass is 403 g/mol. The largest absolute Gasteiger partial charge is 0.369 e. The van der Waals surface area contributed by atoms with E-state index in [2.05, 4.69) is 15.9 Å². The maximum absolute atomic E-state index is 12.9. The molecule has 5 nitrogen and oxygen atoms in total. The summed E-state index contributed by atoms with van der Waals surface area (Å²) < 4.78 is 0. The molecule has 4 rings (SSSR count). The second-order valence-corrected chi connectivity index (χ2v) is 8.97. The minimum atomic E-state index is -0.349. The van der Waals surface area contributed by atoms with Gasteiger partial charge in [-0.2, -0.15) is 0 Å². The average Bonchev–Trinajstić information content (AvgIpc) is 2.93. The SMILES string of the molecule is O=C1CC2(CCCCC2)C(=O)N1CCCN1CCN(c2cccc(Cl)c2)CC1. The Morgan fingerprint density at radius 1 is 0.964 bits per heavy atom. The zero-order valence-electron chi connectivity index (χ0n) is 16.5. The zero-order valence-corrected chi connectivity index (χ0v) is 17.3. The van der Waals surface area contributed by atoms with Gasteiger partial charge >= 0.3 is 0 Å². The lowest BCUT2D eigenvalue weighted by atomic mass is 9.73. The van der Waals surface area contributed by atoms with Gasteiger partial charge in [0.15, 0.2) is 0 Å². The minimum absolute atomic E-state index is 0.0534. The zero-order chi connectivity index (χ0) is 19.6. The van der Waals surface area contributed by atoms with Crippen LogP contribution >= 0.6 is 11.6 Å². The van der Waals surface area contributed by atoms with Gasteiger partial charge in [-0.25, -0.2) is 0 Å². The molecule has 6 heteroatoms. The first kappa shape index (κ1) is 19.7. The third kappa shape index (κ3) is 4.06. The van der Waals surface area contributed by atoms with Crippen LogP contribution in [0.3, 0.4) is 0 Å². The predicted molar refractivity (Wildman–Crippen MR) is 112 cm³/mol. The highest BCUT2D eigenvalue weighted by molar-refractivity contribution is 6.30. The molecular weight excluding hydrogens is 374 g/mol. The van der Waals surface area contributed by atoms with Crippen LogP contribution in [0, 0.1) is 5.41 Å². The van der Waals surface area contributed by atoms with Crippen molar-refractivity contribution in [2.45, 2.75) is 44.9 Å². The number of piperazine rings is 1. The van der Waals surface area contributed by atoms with Gasteiger partial charge in [0.1, 0.15) is 0 Å². The first-order chi connectivity index (χ1) is 13.6. The van der Waals surface area contributed by atoms with Crippen molar-refractivity contribution in [3.63, 3.8) is 0 Å². The summed E-state index contributed by atoms with van der Waals surface area (Å²) in [7, 11) is 0. The van der Waals surface area contributed by atoms with E-state index in [1.807, 2.05) is 18.2 Å². The summed E-state index contributed by atoms with van der Waals surface area (Å²) in [5.74, 6) is 0.167. The van der Waals surface area contributed by atoms with E-state index in [-0.39, 0.29) is 17.2 Å². The average molecular weight is 404 g/mol. The van der Waals surface area contributed by atoms with Crippen LogP contribution in [0.15, 0.2) is 24.3 Å². The number of nitrogens with zero attached hydrogens (tertiary/aromatic N) is 3. The summed E-state index contributed by atoms with van der Waals surface area (Å²) in [6.07, 6.45) is 6.49. The molecule has 3 fully saturated rings. The Bertz CT molecular complexity index is 724. The van der Waals surface area contributed by atoms with Crippen molar-refractivity contribution in [3.05, 3.63) is 29.3 Å². The smallest absolute Gasteiger partial charge is 0.235 e. The van der Waals surface area contributed by atoms with Gasteiger partial charge in [0.05, 0.1) is 5.41 Å². The van der Waals surface area contributed by atoms with Gasteiger partial charge in [-0.1, -0.05) is 36.9 Å². The van der Waals surface area contributed by atoms with Gasteiger partial charge < -0.3 is 4.90 Å². The molecule has 0 aromatic heterocycles. The molecule has 1 saturated carbocycles. The molecule has 2 saturated heterocycles. The Morgan fingerprint density at radius 3 is 2.43 bits per heavy atom. The van der Waals surface area contributed by atoms with E-state index < -0.39 is 0 Å². The van der Waals surface area contributed by atoms with E-state index in [1.54, 1.807) is 4.90 Å². The molecule has 1 aliphatic carbocycles. The standard InChI is InChI=1S/C22H30ClN3O2/c23-18-6-4-7-19(16-18)25-14-12-24(13-15-25)10-5-11-26-20(27)17-22(21(26)28)8-2-1-3-9-22/h4,6-7,16H,1-3,5,8-15,17H2. The Morgan fingerprint density at radius 2 is 1.71 bits per heavy atom. The number of likely N-dealkylation sites (tertiary alicyclic amines) is 1. The fourth-order valence-corrected chi connectivity index (χ4v) is 5.24. The lowest BCUT2D eigenvalue weighted by molar-refractivity contribution is -0.142. The normalized spacial score (nSPS) is 23.0. The number of anilines is 1. The summed E-state index contributed by atoms with van der Waals surface area (Å²) in [6, 6.07) is 8.02. The van der Waals surface area contributed by atoms with Gasteiger partial charge in [0.25, 0.3) is 0 Å². The molecule has 28 heavy (non-hydrogen) atoms. The van der Waals surface area contributed by atoms with Gasteiger partial charge in [-0.05, 0) is 44.0 Å². The Labute approximate surface area is 172 Å². The summed E-state index contributed by atoms with van der Waals surface area (Å²) in [5, 5.41) is 0.774. The van der Waals surface area contributed by atoms with Crippen molar-refractivity contribution in [1.29, 1.82) is 0 Å². The van der Waals surface area contributed by atoms with E-state index >= 15 is 0 Å². The van der Waals surface area contributed by atoms with Crippen LogP contribution in [0.5, 0.6) is 0 Å². The van der Waals surface area contributed by atoms with Crippen molar-refractivity contribution in [2.24, 2.45) is 5.41 Å². The molecule has 2 aliphatic heterocycles. The maximum atomic E-state index is 12.9. The van der Waals surface area contributed by atoms with Gasteiger partial charge in [-0.3, -0.25) is 19.4 Å². The molecule has 0 N–H and O–H groups in total. The van der Waals surface area contributed by atoms with E-state index in [0.29, 0.717) is 13.0 Å². The van der Waals surface area contributed by atoms with E-state index in [0.717, 1.165) is 69.9 Å². The number of rotatable bonds is 5. The lowest BCUT2D eigenvalue weighted by Gasteiger charge is -2.36. The molecule has 1 spiro atoms. The van der Waals surface area contributed by atoms with Crippen molar-refractivity contribution in [3.8, 4) is 0 Å². The molecule has 2 amide bonds. The lowest BCUT2D eigenvalue weighted by Crippen LogP contribution is -2.47. The highest BCUT2D eigenvalue weighted by atomic mass is 35.5. The van der Waals surface area contributed by atoms with Gasteiger partial charge in [0, 0.05) is 49.9 Å². The fourth-order valence-electron chi connectivity index (χ4n) is 5.06. The molecule has 2 heterocycles. The molecule has 0 unspecified atom stereocenters. The van der Waals surface area contributed by atoms with Crippen molar-refractivity contribution >= 4 is 29.1 Å². The topological polar surface area (TPSA) is 43.9 Å². The molecule has 152 valence electrons. The maximum Gasteiger partial charge on any atom is 0.235 e. The quantitative estimate of drug-likeness (QED) is 0.705. The van der Waals surface area contributed by atoms with Crippen LogP contribution in [0.1, 0.15) is 44.9 Å². The molecule has 0 radical (unpaired) electrons. The van der Waals surface area contributed by atoms with Crippen LogP contribution in [0.4, 0.5) is 5.69 Å². The van der Waals surface area contributed by atoms with Crippen LogP contribution in [0.25, 0.3) is 0 Å². The second-order valence-electron chi connectivity index (χ2n) is 8.53. The second kappa shape index (κ2) is 8.42. The summed E-state index contributed by atoms with van der Waals surface area (Å²) in [5.41, 5.74) is 0.830. The number of halogens is 1. The van der Waals surface area contributed by atoms with Crippen LogP contribution < -0.4 is 4.90 Å². The van der Waals surface area contributed by atoms with Crippen molar-refractivity contribution in [1.82, 2.24) is 9.80 Å². The number of carbonyl (C=O) groups excluding carboxylic acids is 2. The summed E-state index contributed by atoms with van der Waals surface area (Å²) in [4.78, 5) is 31.7. The fraction of sp³-hybridized carbons (Fsp3) is 0.636. The van der Waals surface area contributed by atoms with Crippen LogP contribution in [-0.4, -0.2) is 60.9 Å². The number of carbonyl (C=O) groups is 2. The highest BCUT2D eigenvalue weighted by Crippen LogP contribution is 2.45. The molecule has 1 aromatic rings. The Balaban J connectivity index is 1.23. The first-order valence-electron chi connectivity index (χ1n) is 10.7. The predicted octanol–water partition coefficient (Wildman–Crippen LogP) is 3.56. The molecule has 0 atom stereocenters. The number of hydrogen-bond acceptors (Lipinski definition) is 4. The number of amides is 2. The number of imide groups is 1. The molecular formula is C22H30ClN3O2. The molecule has 0 bridgehead atoms. The third-order valence-electron chi connectivity index (χ3n) is 6.70. The van der Waals surface area contributed by atoms with E-state index in [4.69, 9.17) is 11.6 Å². The van der Waals surface area contributed by atoms with Crippen molar-refractivity contribution in [2.75, 3.05) is 44.2 Å². The highest BCUT2D eigenvalue weighted by Gasteiger charge is 2.51. The van der Waals surface area contributed by atoms with Gasteiger partial charge in [0.2, 0.25) is 11.8 Å². The van der Waals surface area contributed by atoms with E-state index in [1.165, 1.54) is 12.1 Å². The Hall–Kier alpha value is -1.59.